The number of amides is 1. The third-order valence-electron chi connectivity index (χ3n) is 4.54. The molecule has 1 aromatic carbocycles. The first-order chi connectivity index (χ1) is 10.8. The van der Waals surface area contributed by atoms with Crippen LogP contribution in [0.5, 0.6) is 0 Å². The molecule has 2 aliphatic carbocycles. The summed E-state index contributed by atoms with van der Waals surface area (Å²) in [6.07, 6.45) is 1.81. The predicted octanol–water partition coefficient (Wildman–Crippen LogP) is 2.25. The minimum absolute atomic E-state index is 0.00824. The molecule has 23 heavy (non-hydrogen) atoms. The lowest BCUT2D eigenvalue weighted by atomic mass is 10.0. The Hall–Kier alpha value is -1.41. The van der Waals surface area contributed by atoms with Gasteiger partial charge in [0.2, 0.25) is 10.0 Å². The van der Waals surface area contributed by atoms with Crippen LogP contribution in [0.15, 0.2) is 34.5 Å². The lowest BCUT2D eigenvalue weighted by Crippen LogP contribution is -2.34. The Morgan fingerprint density at radius 1 is 1.35 bits per heavy atom. The smallest absolute Gasteiger partial charge is 0.262 e. The first kappa shape index (κ1) is 15.1. The van der Waals surface area contributed by atoms with Gasteiger partial charge in [0, 0.05) is 5.02 Å². The van der Waals surface area contributed by atoms with E-state index in [1.54, 1.807) is 0 Å². The molecule has 0 spiro atoms. The zero-order chi connectivity index (χ0) is 16.4. The van der Waals surface area contributed by atoms with Gasteiger partial charge < -0.3 is 5.32 Å². The number of fused-ring (bicyclic) bond motifs is 3. The minimum atomic E-state index is -3.78. The lowest BCUT2D eigenvalue weighted by Gasteiger charge is -2.17. The van der Waals surface area contributed by atoms with Gasteiger partial charge in [-0.1, -0.05) is 17.7 Å². The van der Waals surface area contributed by atoms with E-state index in [2.05, 4.69) is 5.32 Å². The molecule has 1 fully saturated rings. The largest absolute Gasteiger partial charge is 0.342 e. The van der Waals surface area contributed by atoms with Crippen molar-refractivity contribution in [1.29, 1.82) is 0 Å². The highest BCUT2D eigenvalue weighted by Gasteiger charge is 2.61. The highest BCUT2D eigenvalue weighted by molar-refractivity contribution is 7.91. The third-order valence-corrected chi connectivity index (χ3v) is 7.30. The molecule has 0 saturated heterocycles. The Bertz CT molecular complexity index is 938. The van der Waals surface area contributed by atoms with E-state index in [0.717, 1.165) is 29.7 Å². The second kappa shape index (κ2) is 4.80. The fourth-order valence-electron chi connectivity index (χ4n) is 3.42. The van der Waals surface area contributed by atoms with Gasteiger partial charge >= 0.3 is 0 Å². The molecular weight excluding hydrogens is 356 g/mol. The molecule has 0 unspecified atom stereocenters. The zero-order valence-electron chi connectivity index (χ0n) is 11.9. The average Bonchev–Trinajstić information content (AvgIpc) is 2.87. The van der Waals surface area contributed by atoms with Crippen molar-refractivity contribution in [3.8, 4) is 0 Å². The van der Waals surface area contributed by atoms with Crippen LogP contribution in [0.1, 0.15) is 27.2 Å². The molecule has 1 aromatic heterocycles. The van der Waals surface area contributed by atoms with Crippen molar-refractivity contribution < 1.29 is 13.2 Å². The van der Waals surface area contributed by atoms with E-state index < -0.39 is 10.0 Å². The monoisotopic (exact) mass is 368 g/mol. The van der Waals surface area contributed by atoms with Gasteiger partial charge in [0.05, 0.1) is 10.4 Å². The van der Waals surface area contributed by atoms with Crippen molar-refractivity contribution in [3.05, 3.63) is 51.4 Å². The summed E-state index contributed by atoms with van der Waals surface area (Å²) in [6.45, 7) is 0. The van der Waals surface area contributed by atoms with Gasteiger partial charge in [-0.15, -0.1) is 11.3 Å². The summed E-state index contributed by atoms with van der Waals surface area (Å²) < 4.78 is 22.6. The average molecular weight is 369 g/mol. The first-order valence-corrected chi connectivity index (χ1v) is 9.78. The number of hydrogen-bond acceptors (Lipinski definition) is 4. The van der Waals surface area contributed by atoms with Crippen LogP contribution in [0.3, 0.4) is 0 Å². The molecule has 8 heteroatoms. The second-order valence-electron chi connectivity index (χ2n) is 6.00. The SMILES string of the molecule is NS(=O)(=O)c1ccc(C(=O)N[C@@]23C[C@H]2Cc2cc(Cl)ccc23)s1. The van der Waals surface area contributed by atoms with E-state index in [9.17, 15) is 13.2 Å². The molecule has 1 amide bonds. The summed E-state index contributed by atoms with van der Waals surface area (Å²) in [4.78, 5) is 12.8. The van der Waals surface area contributed by atoms with Gasteiger partial charge in [0.15, 0.2) is 0 Å². The van der Waals surface area contributed by atoms with Crippen LogP contribution < -0.4 is 10.5 Å². The topological polar surface area (TPSA) is 89.3 Å². The van der Waals surface area contributed by atoms with Crippen LogP contribution >= 0.6 is 22.9 Å². The molecule has 4 rings (SSSR count). The van der Waals surface area contributed by atoms with E-state index in [0.29, 0.717) is 15.8 Å². The van der Waals surface area contributed by atoms with Crippen LogP contribution in [0.2, 0.25) is 5.02 Å². The lowest BCUT2D eigenvalue weighted by molar-refractivity contribution is 0.0932. The van der Waals surface area contributed by atoms with Gasteiger partial charge in [-0.25, -0.2) is 13.6 Å². The van der Waals surface area contributed by atoms with E-state index in [4.69, 9.17) is 16.7 Å². The van der Waals surface area contributed by atoms with Crippen molar-refractivity contribution in [2.45, 2.75) is 22.6 Å². The van der Waals surface area contributed by atoms with Crippen molar-refractivity contribution in [2.75, 3.05) is 0 Å². The van der Waals surface area contributed by atoms with Crippen LogP contribution in [0.4, 0.5) is 0 Å². The first-order valence-electron chi connectivity index (χ1n) is 7.04. The Morgan fingerprint density at radius 3 is 2.83 bits per heavy atom. The number of benzene rings is 1. The Kier molecular flexibility index (Phi) is 3.16. The van der Waals surface area contributed by atoms with Crippen molar-refractivity contribution >= 4 is 38.9 Å². The number of nitrogens with one attached hydrogen (secondary N) is 1. The third kappa shape index (κ3) is 2.39. The zero-order valence-corrected chi connectivity index (χ0v) is 14.3. The fourth-order valence-corrected chi connectivity index (χ4v) is 5.24. The standard InChI is InChI=1S/C15H13ClN2O3S2/c16-10-1-2-11-8(6-10)5-9-7-15(9,11)18-14(19)12-3-4-13(22-12)23(17,20)21/h1-4,6,9H,5,7H2,(H,18,19)(H2,17,20,21)/t9-,15+/m1/s1. The van der Waals surface area contributed by atoms with E-state index >= 15 is 0 Å². The van der Waals surface area contributed by atoms with Crippen LogP contribution in [0.25, 0.3) is 0 Å². The molecule has 0 radical (unpaired) electrons. The van der Waals surface area contributed by atoms with Crippen LogP contribution in [-0.2, 0) is 22.0 Å². The Labute approximate surface area is 142 Å². The van der Waals surface area contributed by atoms with Crippen molar-refractivity contribution in [2.24, 2.45) is 11.1 Å². The molecule has 2 aliphatic rings. The summed E-state index contributed by atoms with van der Waals surface area (Å²) in [5.74, 6) is 0.118. The highest BCUT2D eigenvalue weighted by atomic mass is 35.5. The number of sulfonamides is 1. The normalized spacial score (nSPS) is 24.9. The number of nitrogens with two attached hydrogens (primary N) is 1. The van der Waals surface area contributed by atoms with Gasteiger partial charge in [0.25, 0.3) is 5.91 Å². The predicted molar refractivity (Wildman–Crippen MR) is 88.1 cm³/mol. The van der Waals surface area contributed by atoms with Crippen LogP contribution in [0, 0.1) is 5.92 Å². The van der Waals surface area contributed by atoms with Gasteiger partial charge in [-0.2, -0.15) is 0 Å². The molecule has 0 aliphatic heterocycles. The maximum absolute atomic E-state index is 12.5. The van der Waals surface area contributed by atoms with Gasteiger partial charge in [-0.05, 0) is 54.2 Å². The van der Waals surface area contributed by atoms with Crippen molar-refractivity contribution in [1.82, 2.24) is 5.32 Å². The van der Waals surface area contributed by atoms with Crippen LogP contribution in [-0.4, -0.2) is 14.3 Å². The van der Waals surface area contributed by atoms with Crippen molar-refractivity contribution in [3.63, 3.8) is 0 Å². The van der Waals surface area contributed by atoms with E-state index in [1.165, 1.54) is 17.7 Å². The molecule has 3 N–H and O–H groups in total. The highest BCUT2D eigenvalue weighted by Crippen LogP contribution is 2.60. The summed E-state index contributed by atoms with van der Waals surface area (Å²) in [7, 11) is -3.78. The molecule has 0 bridgehead atoms. The summed E-state index contributed by atoms with van der Waals surface area (Å²) in [5.41, 5.74) is 1.96. The minimum Gasteiger partial charge on any atom is -0.342 e. The van der Waals surface area contributed by atoms with Gasteiger partial charge in [-0.3, -0.25) is 4.79 Å². The molecule has 1 saturated carbocycles. The summed E-state index contributed by atoms with van der Waals surface area (Å²) >= 11 is 6.91. The second-order valence-corrected chi connectivity index (χ2v) is 9.30. The fraction of sp³-hybridized carbons (Fsp3) is 0.267. The summed E-state index contributed by atoms with van der Waals surface area (Å²) in [6, 6.07) is 8.60. The number of primary sulfonamides is 1. The van der Waals surface area contributed by atoms with Gasteiger partial charge in [0.1, 0.15) is 4.21 Å². The molecule has 5 nitrogen and oxygen atoms in total. The number of carbonyl (C=O) groups excluding carboxylic acids is 1. The number of thiophene rings is 1. The van der Waals surface area contributed by atoms with E-state index in [-0.39, 0.29) is 15.7 Å². The molecule has 2 atom stereocenters. The molecule has 120 valence electrons. The Balaban J connectivity index is 1.61. The number of carbonyl (C=O) groups is 1. The maximum atomic E-state index is 12.5. The quantitative estimate of drug-likeness (QED) is 0.870. The number of rotatable bonds is 3. The molecule has 1 heterocycles. The number of halogens is 1. The van der Waals surface area contributed by atoms with E-state index in [1.807, 2.05) is 18.2 Å². The maximum Gasteiger partial charge on any atom is 0.262 e. The Morgan fingerprint density at radius 2 is 2.13 bits per heavy atom. The molecular formula is C15H13ClN2O3S2. The summed E-state index contributed by atoms with van der Waals surface area (Å²) in [5, 5.41) is 8.86. The molecule has 2 aromatic rings. The number of hydrogen-bond donors (Lipinski definition) is 2.